The first-order valence-corrected chi connectivity index (χ1v) is 8.84. The Morgan fingerprint density at radius 2 is 2.08 bits per heavy atom. The zero-order valence-electron chi connectivity index (χ0n) is 14.4. The molecule has 134 valence electrons. The van der Waals surface area contributed by atoms with Crippen molar-refractivity contribution in [2.24, 2.45) is 11.1 Å². The molecule has 0 bridgehead atoms. The predicted octanol–water partition coefficient (Wildman–Crippen LogP) is 2.47. The first-order chi connectivity index (χ1) is 11.9. The molecule has 0 aromatic heterocycles. The van der Waals surface area contributed by atoms with Crippen LogP contribution >= 0.6 is 11.6 Å². The second-order valence-electron chi connectivity index (χ2n) is 7.08. The molecule has 0 aliphatic carbocycles. The normalized spacial score (nSPS) is 22.2. The Balaban J connectivity index is 1.59. The molecule has 1 saturated heterocycles. The monoisotopic (exact) mass is 363 g/mol. The van der Waals surface area contributed by atoms with E-state index in [-0.39, 0.29) is 11.8 Å². The van der Waals surface area contributed by atoms with Crippen LogP contribution in [-0.4, -0.2) is 47.7 Å². The maximum atomic E-state index is 12.6. The fourth-order valence-electron chi connectivity index (χ4n) is 3.05. The topological polar surface area (TPSA) is 71.0 Å². The Labute approximate surface area is 152 Å². The lowest BCUT2D eigenvalue weighted by Crippen LogP contribution is -2.39. The number of carbonyl (C=O) groups excluding carboxylic acids is 2. The summed E-state index contributed by atoms with van der Waals surface area (Å²) in [5.41, 5.74) is 0.420. The average Bonchev–Trinajstić information content (AvgIpc) is 3.20. The highest BCUT2D eigenvalue weighted by Crippen LogP contribution is 2.34. The molecule has 2 aliphatic heterocycles. The number of amides is 2. The predicted molar refractivity (Wildman–Crippen MR) is 95.7 cm³/mol. The number of halogens is 1. The standard InChI is InChI=1S/C18H22ClN3O3/c1-12(2)10-20-16(23)15-9-18(25-21-15)7-8-22(11-18)17(24)13-3-5-14(19)6-4-13/h3-6,12H,7-11H2,1-2H3,(H,20,23). The molecule has 7 heteroatoms. The summed E-state index contributed by atoms with van der Waals surface area (Å²) >= 11 is 5.87. The van der Waals surface area contributed by atoms with Crippen LogP contribution in [-0.2, 0) is 9.63 Å². The smallest absolute Gasteiger partial charge is 0.269 e. The molecule has 6 nitrogen and oxygen atoms in total. The summed E-state index contributed by atoms with van der Waals surface area (Å²) < 4.78 is 0. The van der Waals surface area contributed by atoms with E-state index < -0.39 is 5.60 Å². The van der Waals surface area contributed by atoms with Crippen LogP contribution in [0.4, 0.5) is 0 Å². The molecule has 1 atom stereocenters. The average molecular weight is 364 g/mol. The SMILES string of the molecule is CC(C)CNC(=O)C1=NOC2(CCN(C(=O)c3ccc(Cl)cc3)C2)C1. The number of hydrogen-bond donors (Lipinski definition) is 1. The molecule has 1 aromatic rings. The summed E-state index contributed by atoms with van der Waals surface area (Å²) in [7, 11) is 0. The lowest BCUT2D eigenvalue weighted by Gasteiger charge is -2.21. The Bertz CT molecular complexity index is 702. The van der Waals surface area contributed by atoms with Gasteiger partial charge in [0.15, 0.2) is 5.60 Å². The van der Waals surface area contributed by atoms with Gasteiger partial charge in [0.1, 0.15) is 5.71 Å². The Kier molecular flexibility index (Phi) is 4.99. The molecule has 1 unspecified atom stereocenters. The zero-order chi connectivity index (χ0) is 18.0. The van der Waals surface area contributed by atoms with Crippen molar-refractivity contribution in [1.29, 1.82) is 0 Å². The highest BCUT2D eigenvalue weighted by molar-refractivity contribution is 6.39. The Morgan fingerprint density at radius 1 is 1.36 bits per heavy atom. The van der Waals surface area contributed by atoms with E-state index >= 15 is 0 Å². The van der Waals surface area contributed by atoms with Gasteiger partial charge in [-0.1, -0.05) is 30.6 Å². The zero-order valence-corrected chi connectivity index (χ0v) is 15.2. The number of rotatable bonds is 4. The third kappa shape index (κ3) is 3.95. The number of hydrogen-bond acceptors (Lipinski definition) is 4. The summed E-state index contributed by atoms with van der Waals surface area (Å²) in [5, 5.41) is 7.43. The molecule has 2 amide bonds. The van der Waals surface area contributed by atoms with Gasteiger partial charge < -0.3 is 15.1 Å². The largest absolute Gasteiger partial charge is 0.386 e. The molecule has 1 N–H and O–H groups in total. The van der Waals surface area contributed by atoms with E-state index in [1.807, 2.05) is 13.8 Å². The lowest BCUT2D eigenvalue weighted by atomic mass is 9.96. The molecule has 0 radical (unpaired) electrons. The van der Waals surface area contributed by atoms with Crippen molar-refractivity contribution < 1.29 is 14.4 Å². The first kappa shape index (κ1) is 17.7. The van der Waals surface area contributed by atoms with E-state index in [0.717, 1.165) is 0 Å². The minimum absolute atomic E-state index is 0.0603. The van der Waals surface area contributed by atoms with Crippen LogP contribution in [0.15, 0.2) is 29.4 Å². The van der Waals surface area contributed by atoms with Crippen molar-refractivity contribution in [3.05, 3.63) is 34.9 Å². The second kappa shape index (κ2) is 7.04. The summed E-state index contributed by atoms with van der Waals surface area (Å²) in [4.78, 5) is 32.1. The Morgan fingerprint density at radius 3 is 2.76 bits per heavy atom. The third-order valence-electron chi connectivity index (χ3n) is 4.47. The van der Waals surface area contributed by atoms with Crippen molar-refractivity contribution in [3.63, 3.8) is 0 Å². The number of carbonyl (C=O) groups is 2. The van der Waals surface area contributed by atoms with Gasteiger partial charge in [-0.15, -0.1) is 0 Å². The van der Waals surface area contributed by atoms with E-state index in [2.05, 4.69) is 10.5 Å². The molecule has 2 heterocycles. The number of nitrogens with zero attached hydrogens (tertiary/aromatic N) is 2. The maximum absolute atomic E-state index is 12.6. The van der Waals surface area contributed by atoms with E-state index in [4.69, 9.17) is 16.4 Å². The van der Waals surface area contributed by atoms with Crippen LogP contribution in [0.25, 0.3) is 0 Å². The molecule has 1 spiro atoms. The summed E-state index contributed by atoms with van der Waals surface area (Å²) in [6, 6.07) is 6.83. The minimum Gasteiger partial charge on any atom is -0.386 e. The van der Waals surface area contributed by atoms with Crippen LogP contribution < -0.4 is 5.32 Å². The van der Waals surface area contributed by atoms with Gasteiger partial charge in [-0.3, -0.25) is 9.59 Å². The van der Waals surface area contributed by atoms with E-state index in [0.29, 0.717) is 54.7 Å². The van der Waals surface area contributed by atoms with Crippen molar-refractivity contribution >= 4 is 29.1 Å². The van der Waals surface area contributed by atoms with Crippen molar-refractivity contribution in [2.45, 2.75) is 32.3 Å². The molecule has 25 heavy (non-hydrogen) atoms. The van der Waals surface area contributed by atoms with Crippen LogP contribution in [0.5, 0.6) is 0 Å². The first-order valence-electron chi connectivity index (χ1n) is 8.47. The molecular formula is C18H22ClN3O3. The fraction of sp³-hybridized carbons (Fsp3) is 0.500. The van der Waals surface area contributed by atoms with Crippen molar-refractivity contribution in [3.8, 4) is 0 Å². The van der Waals surface area contributed by atoms with Crippen LogP contribution in [0.3, 0.4) is 0 Å². The number of benzene rings is 1. The van der Waals surface area contributed by atoms with Crippen molar-refractivity contribution in [1.82, 2.24) is 10.2 Å². The van der Waals surface area contributed by atoms with Gasteiger partial charge in [0.2, 0.25) is 0 Å². The van der Waals surface area contributed by atoms with Gasteiger partial charge in [-0.05, 0) is 30.2 Å². The highest BCUT2D eigenvalue weighted by Gasteiger charge is 2.47. The summed E-state index contributed by atoms with van der Waals surface area (Å²) in [6.45, 7) is 5.68. The van der Waals surface area contributed by atoms with Crippen LogP contribution in [0.2, 0.25) is 5.02 Å². The molecule has 1 fully saturated rings. The molecule has 1 aromatic carbocycles. The highest BCUT2D eigenvalue weighted by atomic mass is 35.5. The number of likely N-dealkylation sites (tertiary alicyclic amines) is 1. The quantitative estimate of drug-likeness (QED) is 0.893. The number of nitrogens with one attached hydrogen (secondary N) is 1. The second-order valence-corrected chi connectivity index (χ2v) is 7.51. The molecule has 3 rings (SSSR count). The van der Waals surface area contributed by atoms with Gasteiger partial charge in [-0.2, -0.15) is 0 Å². The van der Waals surface area contributed by atoms with Crippen LogP contribution in [0, 0.1) is 5.92 Å². The van der Waals surface area contributed by atoms with Crippen molar-refractivity contribution in [2.75, 3.05) is 19.6 Å². The fourth-order valence-corrected chi connectivity index (χ4v) is 3.18. The minimum atomic E-state index is -0.577. The van der Waals surface area contributed by atoms with E-state index in [1.165, 1.54) is 0 Å². The van der Waals surface area contributed by atoms with E-state index in [9.17, 15) is 9.59 Å². The van der Waals surface area contributed by atoms with Gasteiger partial charge in [0.05, 0.1) is 6.54 Å². The van der Waals surface area contributed by atoms with Gasteiger partial charge in [0.25, 0.3) is 11.8 Å². The lowest BCUT2D eigenvalue weighted by molar-refractivity contribution is -0.115. The van der Waals surface area contributed by atoms with Crippen LogP contribution in [0.1, 0.15) is 37.0 Å². The van der Waals surface area contributed by atoms with E-state index in [1.54, 1.807) is 29.2 Å². The maximum Gasteiger partial charge on any atom is 0.269 e. The van der Waals surface area contributed by atoms with Gasteiger partial charge in [0, 0.05) is 36.5 Å². The molecule has 2 aliphatic rings. The Hall–Kier alpha value is -2.08. The molecule has 0 saturated carbocycles. The summed E-state index contributed by atoms with van der Waals surface area (Å²) in [6.07, 6.45) is 1.10. The number of oxime groups is 1. The summed E-state index contributed by atoms with van der Waals surface area (Å²) in [5.74, 6) is 0.128. The van der Waals surface area contributed by atoms with Gasteiger partial charge >= 0.3 is 0 Å². The third-order valence-corrected chi connectivity index (χ3v) is 4.72. The molecular weight excluding hydrogens is 342 g/mol. The van der Waals surface area contributed by atoms with Gasteiger partial charge in [-0.25, -0.2) is 0 Å².